The highest BCUT2D eigenvalue weighted by molar-refractivity contribution is 7.92. The van der Waals surface area contributed by atoms with Crippen molar-refractivity contribution in [1.29, 1.82) is 0 Å². The van der Waals surface area contributed by atoms with Gasteiger partial charge in [0.15, 0.2) is 5.82 Å². The molecular formula is C19H21N7O3S. The number of hydrogen-bond donors (Lipinski definition) is 4. The third-order valence-electron chi connectivity index (χ3n) is 4.95. The first kappa shape index (κ1) is 19.8. The summed E-state index contributed by atoms with van der Waals surface area (Å²) in [4.78, 5) is 20.1. The molecule has 3 aromatic rings. The third kappa shape index (κ3) is 4.40. The van der Waals surface area contributed by atoms with E-state index >= 15 is 0 Å². The lowest BCUT2D eigenvalue weighted by Crippen LogP contribution is -2.26. The van der Waals surface area contributed by atoms with Crippen LogP contribution < -0.4 is 15.8 Å². The van der Waals surface area contributed by atoms with Gasteiger partial charge in [-0.3, -0.25) is 19.6 Å². The van der Waals surface area contributed by atoms with Crippen LogP contribution in [0.5, 0.6) is 0 Å². The SMILES string of the molecule is NC(=O)c1c(Nc2cnccn2)n[nH]c1-c1ccc(NS(=O)(=O)CC2CCC2)cc1. The summed E-state index contributed by atoms with van der Waals surface area (Å²) in [6, 6.07) is 6.64. The fraction of sp³-hybridized carbons (Fsp3) is 0.263. The Bertz CT molecular complexity index is 1140. The van der Waals surface area contributed by atoms with E-state index in [4.69, 9.17) is 5.73 Å². The Labute approximate surface area is 173 Å². The lowest BCUT2D eigenvalue weighted by atomic mass is 9.87. The van der Waals surface area contributed by atoms with Gasteiger partial charge in [0, 0.05) is 23.6 Å². The highest BCUT2D eigenvalue weighted by Gasteiger charge is 2.25. The van der Waals surface area contributed by atoms with E-state index < -0.39 is 15.9 Å². The summed E-state index contributed by atoms with van der Waals surface area (Å²) in [5.74, 6) is 0.344. The molecule has 0 aliphatic heterocycles. The number of nitrogens with zero attached hydrogens (tertiary/aromatic N) is 3. The molecule has 2 aromatic heterocycles. The van der Waals surface area contributed by atoms with Gasteiger partial charge in [0.1, 0.15) is 11.4 Å². The maximum Gasteiger partial charge on any atom is 0.254 e. The van der Waals surface area contributed by atoms with Crippen LogP contribution in [-0.2, 0) is 10.0 Å². The molecule has 1 aromatic carbocycles. The van der Waals surface area contributed by atoms with Gasteiger partial charge >= 0.3 is 0 Å². The molecule has 0 radical (unpaired) electrons. The Hall–Kier alpha value is -3.47. The third-order valence-corrected chi connectivity index (χ3v) is 6.41. The zero-order chi connectivity index (χ0) is 21.1. The van der Waals surface area contributed by atoms with E-state index in [1.807, 2.05) is 0 Å². The maximum atomic E-state index is 12.3. The number of primary amides is 1. The summed E-state index contributed by atoms with van der Waals surface area (Å²) < 4.78 is 27.1. The standard InChI is InChI=1S/C19H21N7O3S/c20-18(27)16-17(24-25-19(16)23-15-10-21-8-9-22-15)13-4-6-14(7-5-13)26-30(28,29)11-12-2-1-3-12/h4-10,12,26H,1-3,11H2,(H2,20,27)(H2,22,23,24,25). The van der Waals surface area contributed by atoms with E-state index in [0.717, 1.165) is 19.3 Å². The van der Waals surface area contributed by atoms with E-state index in [0.29, 0.717) is 22.8 Å². The molecule has 11 heteroatoms. The molecule has 1 aliphatic rings. The number of amides is 1. The highest BCUT2D eigenvalue weighted by atomic mass is 32.2. The van der Waals surface area contributed by atoms with Crippen molar-refractivity contribution in [1.82, 2.24) is 20.2 Å². The topological polar surface area (TPSA) is 156 Å². The van der Waals surface area contributed by atoms with Gasteiger partial charge in [0.2, 0.25) is 10.0 Å². The molecule has 156 valence electrons. The average molecular weight is 427 g/mol. The number of H-pyrrole nitrogens is 1. The van der Waals surface area contributed by atoms with Gasteiger partial charge in [0.05, 0.1) is 17.6 Å². The normalized spacial score (nSPS) is 14.1. The zero-order valence-corrected chi connectivity index (χ0v) is 16.8. The minimum absolute atomic E-state index is 0.137. The number of nitrogens with one attached hydrogen (secondary N) is 3. The molecule has 1 aliphatic carbocycles. The first-order valence-electron chi connectivity index (χ1n) is 9.43. The number of anilines is 3. The second-order valence-corrected chi connectivity index (χ2v) is 8.93. The van der Waals surface area contributed by atoms with Crippen molar-refractivity contribution in [2.24, 2.45) is 11.7 Å². The van der Waals surface area contributed by atoms with E-state index in [-0.39, 0.29) is 23.1 Å². The van der Waals surface area contributed by atoms with Gasteiger partial charge in [-0.25, -0.2) is 13.4 Å². The molecule has 0 unspecified atom stereocenters. The number of nitrogens with two attached hydrogens (primary N) is 1. The Morgan fingerprint density at radius 3 is 2.57 bits per heavy atom. The summed E-state index contributed by atoms with van der Waals surface area (Å²) in [5, 5.41) is 9.83. The van der Waals surface area contributed by atoms with E-state index in [1.165, 1.54) is 18.6 Å². The van der Waals surface area contributed by atoms with Crippen LogP contribution in [0.4, 0.5) is 17.3 Å². The smallest absolute Gasteiger partial charge is 0.254 e. The lowest BCUT2D eigenvalue weighted by Gasteiger charge is -2.25. The minimum Gasteiger partial charge on any atom is -0.365 e. The number of benzene rings is 1. The number of aromatic amines is 1. The van der Waals surface area contributed by atoms with Crippen LogP contribution in [0.3, 0.4) is 0 Å². The Balaban J connectivity index is 1.54. The highest BCUT2D eigenvalue weighted by Crippen LogP contribution is 2.30. The van der Waals surface area contributed by atoms with Crippen molar-refractivity contribution in [3.8, 4) is 11.3 Å². The summed E-state index contributed by atoms with van der Waals surface area (Å²) in [5.41, 5.74) is 7.23. The van der Waals surface area contributed by atoms with Crippen molar-refractivity contribution < 1.29 is 13.2 Å². The first-order valence-corrected chi connectivity index (χ1v) is 11.1. The van der Waals surface area contributed by atoms with E-state index in [2.05, 4.69) is 30.2 Å². The molecule has 30 heavy (non-hydrogen) atoms. The number of rotatable bonds is 8. The molecule has 0 spiro atoms. The van der Waals surface area contributed by atoms with Gasteiger partial charge in [-0.1, -0.05) is 18.6 Å². The number of carbonyl (C=O) groups excluding carboxylic acids is 1. The van der Waals surface area contributed by atoms with Crippen LogP contribution in [0.2, 0.25) is 0 Å². The van der Waals surface area contributed by atoms with Gasteiger partial charge in [-0.15, -0.1) is 0 Å². The molecule has 0 saturated heterocycles. The van der Waals surface area contributed by atoms with Crippen molar-refractivity contribution >= 4 is 33.3 Å². The minimum atomic E-state index is -3.39. The van der Waals surface area contributed by atoms with Crippen LogP contribution in [0.1, 0.15) is 29.6 Å². The van der Waals surface area contributed by atoms with Crippen LogP contribution in [0, 0.1) is 5.92 Å². The summed E-state index contributed by atoms with van der Waals surface area (Å²) in [6.07, 6.45) is 7.53. The molecular weight excluding hydrogens is 406 g/mol. The Kier molecular flexibility index (Phi) is 5.36. The summed E-state index contributed by atoms with van der Waals surface area (Å²) in [6.45, 7) is 0. The van der Waals surface area contributed by atoms with Crippen LogP contribution >= 0.6 is 0 Å². The van der Waals surface area contributed by atoms with Crippen LogP contribution in [0.15, 0.2) is 42.9 Å². The Morgan fingerprint density at radius 2 is 1.97 bits per heavy atom. The quantitative estimate of drug-likeness (QED) is 0.429. The molecule has 4 rings (SSSR count). The van der Waals surface area contributed by atoms with Crippen LogP contribution in [0.25, 0.3) is 11.3 Å². The van der Waals surface area contributed by atoms with E-state index in [9.17, 15) is 13.2 Å². The monoisotopic (exact) mass is 427 g/mol. The molecule has 10 nitrogen and oxygen atoms in total. The largest absolute Gasteiger partial charge is 0.365 e. The summed E-state index contributed by atoms with van der Waals surface area (Å²) >= 11 is 0. The lowest BCUT2D eigenvalue weighted by molar-refractivity contribution is 0.100. The number of aromatic nitrogens is 4. The fourth-order valence-corrected chi connectivity index (χ4v) is 4.79. The molecule has 1 fully saturated rings. The second kappa shape index (κ2) is 8.11. The molecule has 1 amide bonds. The predicted octanol–water partition coefficient (Wildman–Crippen LogP) is 2.25. The molecule has 0 atom stereocenters. The fourth-order valence-electron chi connectivity index (χ4n) is 3.26. The van der Waals surface area contributed by atoms with Crippen molar-refractivity contribution in [2.75, 3.05) is 15.8 Å². The van der Waals surface area contributed by atoms with Crippen molar-refractivity contribution in [3.63, 3.8) is 0 Å². The molecule has 5 N–H and O–H groups in total. The molecule has 1 saturated carbocycles. The number of sulfonamides is 1. The molecule has 2 heterocycles. The van der Waals surface area contributed by atoms with Gasteiger partial charge < -0.3 is 11.1 Å². The van der Waals surface area contributed by atoms with Gasteiger partial charge in [0.25, 0.3) is 5.91 Å². The van der Waals surface area contributed by atoms with Crippen LogP contribution in [-0.4, -0.2) is 40.2 Å². The van der Waals surface area contributed by atoms with E-state index in [1.54, 1.807) is 24.3 Å². The summed E-state index contributed by atoms with van der Waals surface area (Å²) in [7, 11) is -3.39. The number of carbonyl (C=O) groups is 1. The first-order chi connectivity index (χ1) is 14.4. The average Bonchev–Trinajstić information content (AvgIpc) is 3.10. The molecule has 0 bridgehead atoms. The van der Waals surface area contributed by atoms with Crippen molar-refractivity contribution in [2.45, 2.75) is 19.3 Å². The maximum absolute atomic E-state index is 12.3. The van der Waals surface area contributed by atoms with Gasteiger partial charge in [-0.2, -0.15) is 5.10 Å². The predicted molar refractivity (Wildman–Crippen MR) is 113 cm³/mol. The van der Waals surface area contributed by atoms with Gasteiger partial charge in [-0.05, 0) is 30.9 Å². The zero-order valence-electron chi connectivity index (χ0n) is 16.0. The Morgan fingerprint density at radius 1 is 1.20 bits per heavy atom. The number of hydrogen-bond acceptors (Lipinski definition) is 7. The van der Waals surface area contributed by atoms with Crippen molar-refractivity contribution in [3.05, 3.63) is 48.4 Å². The second-order valence-electron chi connectivity index (χ2n) is 7.16.